The largest absolute Gasteiger partial charge is 0.326 e. The minimum atomic E-state index is -3.89. The number of rotatable bonds is 6. The minimum absolute atomic E-state index is 0.0245. The molecule has 1 aliphatic rings. The lowest BCUT2D eigenvalue weighted by Gasteiger charge is -2.16. The van der Waals surface area contributed by atoms with Crippen molar-refractivity contribution in [3.63, 3.8) is 0 Å². The summed E-state index contributed by atoms with van der Waals surface area (Å²) >= 11 is 0. The van der Waals surface area contributed by atoms with Gasteiger partial charge in [0.1, 0.15) is 5.82 Å². The Morgan fingerprint density at radius 2 is 1.69 bits per heavy atom. The molecule has 32 heavy (non-hydrogen) atoms. The summed E-state index contributed by atoms with van der Waals surface area (Å²) in [5.41, 5.74) is 0.911. The molecule has 0 bridgehead atoms. The average molecular weight is 455 g/mol. The van der Waals surface area contributed by atoms with Crippen LogP contribution in [-0.2, 0) is 19.6 Å². The number of amides is 2. The molecule has 1 saturated heterocycles. The number of nitrogens with zero attached hydrogens (tertiary/aromatic N) is 3. The molecule has 2 amide bonds. The van der Waals surface area contributed by atoms with Gasteiger partial charge in [-0.25, -0.2) is 27.5 Å². The molecule has 1 atom stereocenters. The SMILES string of the molecule is O=C(Nc1ccc(S(=O)(=O)Nc2ncccn2)cc1)C1CC(=O)N(c2ccc(F)cc2)C1. The van der Waals surface area contributed by atoms with E-state index < -0.39 is 21.8 Å². The van der Waals surface area contributed by atoms with E-state index in [0.29, 0.717) is 11.4 Å². The number of benzene rings is 2. The van der Waals surface area contributed by atoms with Crippen LogP contribution >= 0.6 is 0 Å². The van der Waals surface area contributed by atoms with Gasteiger partial charge in [0.2, 0.25) is 17.8 Å². The van der Waals surface area contributed by atoms with Gasteiger partial charge in [-0.3, -0.25) is 9.59 Å². The Bertz CT molecular complexity index is 1240. The normalized spacial score (nSPS) is 16.1. The fraction of sp³-hybridized carbons (Fsp3) is 0.143. The summed E-state index contributed by atoms with van der Waals surface area (Å²) in [6.07, 6.45) is 2.85. The van der Waals surface area contributed by atoms with E-state index in [-0.39, 0.29) is 35.6 Å². The van der Waals surface area contributed by atoms with Gasteiger partial charge in [0, 0.05) is 36.7 Å². The first-order valence-electron chi connectivity index (χ1n) is 9.58. The van der Waals surface area contributed by atoms with E-state index in [2.05, 4.69) is 20.0 Å². The first-order valence-corrected chi connectivity index (χ1v) is 11.1. The molecule has 2 aromatic carbocycles. The van der Waals surface area contributed by atoms with Crippen LogP contribution < -0.4 is 14.9 Å². The molecule has 1 fully saturated rings. The molecular formula is C21H18FN5O4S. The predicted molar refractivity (Wildman–Crippen MR) is 115 cm³/mol. The van der Waals surface area contributed by atoms with Crippen molar-refractivity contribution in [2.75, 3.05) is 21.5 Å². The minimum Gasteiger partial charge on any atom is -0.326 e. The molecule has 4 rings (SSSR count). The van der Waals surface area contributed by atoms with Crippen molar-refractivity contribution in [2.24, 2.45) is 5.92 Å². The number of carbonyl (C=O) groups is 2. The van der Waals surface area contributed by atoms with Crippen LogP contribution in [0.15, 0.2) is 71.9 Å². The van der Waals surface area contributed by atoms with Gasteiger partial charge in [0.05, 0.1) is 10.8 Å². The van der Waals surface area contributed by atoms with Crippen LogP contribution in [0.1, 0.15) is 6.42 Å². The van der Waals surface area contributed by atoms with E-state index in [1.165, 1.54) is 65.8 Å². The van der Waals surface area contributed by atoms with Gasteiger partial charge in [0.25, 0.3) is 10.0 Å². The van der Waals surface area contributed by atoms with Gasteiger partial charge in [0.15, 0.2) is 0 Å². The highest BCUT2D eigenvalue weighted by Crippen LogP contribution is 2.26. The summed E-state index contributed by atoms with van der Waals surface area (Å²) in [5.74, 6) is -1.65. The summed E-state index contributed by atoms with van der Waals surface area (Å²) < 4.78 is 40.2. The zero-order chi connectivity index (χ0) is 22.7. The van der Waals surface area contributed by atoms with Crippen LogP contribution in [0.4, 0.5) is 21.7 Å². The maximum absolute atomic E-state index is 13.1. The average Bonchev–Trinajstić information content (AvgIpc) is 3.17. The Kier molecular flexibility index (Phi) is 5.82. The van der Waals surface area contributed by atoms with Gasteiger partial charge in [-0.05, 0) is 54.6 Å². The topological polar surface area (TPSA) is 121 Å². The number of hydrogen-bond donors (Lipinski definition) is 2. The van der Waals surface area contributed by atoms with Crippen molar-refractivity contribution in [2.45, 2.75) is 11.3 Å². The zero-order valence-corrected chi connectivity index (χ0v) is 17.4. The number of anilines is 3. The van der Waals surface area contributed by atoms with Gasteiger partial charge in [-0.1, -0.05) is 0 Å². The number of sulfonamides is 1. The highest BCUT2D eigenvalue weighted by molar-refractivity contribution is 7.92. The van der Waals surface area contributed by atoms with E-state index in [0.717, 1.165) is 0 Å². The van der Waals surface area contributed by atoms with Crippen molar-refractivity contribution in [1.29, 1.82) is 0 Å². The molecule has 2 heterocycles. The van der Waals surface area contributed by atoms with E-state index in [1.54, 1.807) is 6.07 Å². The molecule has 0 aliphatic carbocycles. The lowest BCUT2D eigenvalue weighted by molar-refractivity contribution is -0.122. The van der Waals surface area contributed by atoms with Crippen LogP contribution in [0.25, 0.3) is 0 Å². The summed E-state index contributed by atoms with van der Waals surface area (Å²) in [6, 6.07) is 12.6. The smallest absolute Gasteiger partial charge is 0.264 e. The summed E-state index contributed by atoms with van der Waals surface area (Å²) in [7, 11) is -3.89. The second-order valence-electron chi connectivity index (χ2n) is 7.07. The number of nitrogens with one attached hydrogen (secondary N) is 2. The van der Waals surface area contributed by atoms with Crippen molar-refractivity contribution < 1.29 is 22.4 Å². The molecule has 1 aromatic heterocycles. The number of carbonyl (C=O) groups excluding carboxylic acids is 2. The standard InChI is InChI=1S/C21H18FN5O4S/c22-15-2-6-17(7-3-15)27-13-14(12-19(27)28)20(29)25-16-4-8-18(9-5-16)32(30,31)26-21-23-10-1-11-24-21/h1-11,14H,12-13H2,(H,25,29)(H,23,24,26). The number of halogens is 1. The van der Waals surface area contributed by atoms with Gasteiger partial charge in [-0.15, -0.1) is 0 Å². The molecule has 1 unspecified atom stereocenters. The van der Waals surface area contributed by atoms with E-state index in [1.807, 2.05) is 0 Å². The molecule has 1 aliphatic heterocycles. The third-order valence-corrected chi connectivity index (χ3v) is 6.20. The lowest BCUT2D eigenvalue weighted by atomic mass is 10.1. The van der Waals surface area contributed by atoms with Gasteiger partial charge < -0.3 is 10.2 Å². The van der Waals surface area contributed by atoms with Crippen LogP contribution in [0.5, 0.6) is 0 Å². The van der Waals surface area contributed by atoms with Gasteiger partial charge in [-0.2, -0.15) is 0 Å². The Morgan fingerprint density at radius 1 is 1.03 bits per heavy atom. The summed E-state index contributed by atoms with van der Waals surface area (Å²) in [5, 5.41) is 2.70. The first kappa shape index (κ1) is 21.4. The molecule has 2 N–H and O–H groups in total. The van der Waals surface area contributed by atoms with Crippen molar-refractivity contribution in [3.05, 3.63) is 72.8 Å². The quantitative estimate of drug-likeness (QED) is 0.589. The second-order valence-corrected chi connectivity index (χ2v) is 8.76. The molecule has 3 aromatic rings. The Labute approximate surface area is 183 Å². The Morgan fingerprint density at radius 3 is 2.34 bits per heavy atom. The summed E-state index contributed by atoms with van der Waals surface area (Å²) in [6.45, 7) is 0.170. The maximum atomic E-state index is 13.1. The monoisotopic (exact) mass is 455 g/mol. The van der Waals surface area contributed by atoms with Crippen LogP contribution in [0, 0.1) is 11.7 Å². The fourth-order valence-corrected chi connectivity index (χ4v) is 4.20. The summed E-state index contributed by atoms with van der Waals surface area (Å²) in [4.78, 5) is 34.0. The molecule has 11 heteroatoms. The van der Waals surface area contributed by atoms with Crippen LogP contribution in [0.2, 0.25) is 0 Å². The molecule has 9 nitrogen and oxygen atoms in total. The fourth-order valence-electron chi connectivity index (χ4n) is 3.25. The molecule has 0 spiro atoms. The number of hydrogen-bond acceptors (Lipinski definition) is 6. The van der Waals surface area contributed by atoms with Gasteiger partial charge >= 0.3 is 0 Å². The van der Waals surface area contributed by atoms with Crippen LogP contribution in [0.3, 0.4) is 0 Å². The van der Waals surface area contributed by atoms with Crippen molar-refractivity contribution in [3.8, 4) is 0 Å². The Hall–Kier alpha value is -3.86. The molecule has 164 valence electrons. The lowest BCUT2D eigenvalue weighted by Crippen LogP contribution is -2.28. The van der Waals surface area contributed by atoms with Crippen molar-refractivity contribution in [1.82, 2.24) is 9.97 Å². The van der Waals surface area contributed by atoms with Crippen molar-refractivity contribution >= 4 is 39.2 Å². The molecule has 0 saturated carbocycles. The third kappa shape index (κ3) is 4.72. The number of aromatic nitrogens is 2. The molecule has 0 radical (unpaired) electrons. The second kappa shape index (κ2) is 8.71. The molecular weight excluding hydrogens is 437 g/mol. The zero-order valence-electron chi connectivity index (χ0n) is 16.6. The Balaban J connectivity index is 1.40. The van der Waals surface area contributed by atoms with E-state index >= 15 is 0 Å². The first-order chi connectivity index (χ1) is 15.3. The van der Waals surface area contributed by atoms with E-state index in [4.69, 9.17) is 0 Å². The maximum Gasteiger partial charge on any atom is 0.264 e. The highest BCUT2D eigenvalue weighted by atomic mass is 32.2. The van der Waals surface area contributed by atoms with E-state index in [9.17, 15) is 22.4 Å². The highest BCUT2D eigenvalue weighted by Gasteiger charge is 2.35. The predicted octanol–water partition coefficient (Wildman–Crippen LogP) is 2.41. The van der Waals surface area contributed by atoms with Crippen LogP contribution in [-0.4, -0.2) is 36.7 Å². The third-order valence-electron chi connectivity index (χ3n) is 4.86.